The lowest BCUT2D eigenvalue weighted by molar-refractivity contribution is -0.149. The molecule has 6 nitrogen and oxygen atoms in total. The van der Waals surface area contributed by atoms with Gasteiger partial charge in [-0.1, -0.05) is 49.4 Å². The Morgan fingerprint density at radius 1 is 1.14 bits per heavy atom. The van der Waals surface area contributed by atoms with Gasteiger partial charge in [-0.2, -0.15) is 0 Å². The predicted octanol–water partition coefficient (Wildman–Crippen LogP) is 3.49. The molecule has 0 saturated carbocycles. The molecule has 0 saturated heterocycles. The molecule has 1 aliphatic heterocycles. The molecule has 0 aliphatic carbocycles. The number of carbonyl (C=O) groups excluding carboxylic acids is 3. The van der Waals surface area contributed by atoms with Gasteiger partial charge in [0.15, 0.2) is 6.61 Å². The summed E-state index contributed by atoms with van der Waals surface area (Å²) in [4.78, 5) is 39.0. The molecule has 0 spiro atoms. The monoisotopic (exact) mass is 380 g/mol. The molecule has 1 heterocycles. The molecule has 2 amide bonds. The zero-order chi connectivity index (χ0) is 20.1. The molecule has 1 aliphatic rings. The van der Waals surface area contributed by atoms with E-state index >= 15 is 0 Å². The van der Waals surface area contributed by atoms with Gasteiger partial charge in [0.2, 0.25) is 5.91 Å². The number of nitrogens with zero attached hydrogens (tertiary/aromatic N) is 1. The van der Waals surface area contributed by atoms with Crippen LogP contribution in [-0.2, 0) is 19.1 Å². The number of benzene rings is 2. The fourth-order valence-electron chi connectivity index (χ4n) is 3.49. The molecule has 0 bridgehead atoms. The first kappa shape index (κ1) is 19.6. The highest BCUT2D eigenvalue weighted by Gasteiger charge is 2.30. The van der Waals surface area contributed by atoms with E-state index in [9.17, 15) is 14.4 Å². The van der Waals surface area contributed by atoms with Crippen LogP contribution in [0.25, 0.3) is 0 Å². The highest BCUT2D eigenvalue weighted by molar-refractivity contribution is 6.05. The molecule has 6 heteroatoms. The van der Waals surface area contributed by atoms with Crippen molar-refractivity contribution in [2.75, 3.05) is 16.8 Å². The summed E-state index contributed by atoms with van der Waals surface area (Å²) >= 11 is 0. The molecule has 2 aromatic carbocycles. The largest absolute Gasteiger partial charge is 0.455 e. The van der Waals surface area contributed by atoms with Crippen LogP contribution >= 0.6 is 0 Å². The van der Waals surface area contributed by atoms with Gasteiger partial charge >= 0.3 is 5.97 Å². The molecular formula is C22H24N2O4. The highest BCUT2D eigenvalue weighted by Crippen LogP contribution is 2.31. The van der Waals surface area contributed by atoms with Crippen LogP contribution in [-0.4, -0.2) is 30.4 Å². The lowest BCUT2D eigenvalue weighted by atomic mass is 9.97. The molecule has 0 radical (unpaired) electrons. The van der Waals surface area contributed by atoms with E-state index in [4.69, 9.17) is 4.74 Å². The van der Waals surface area contributed by atoms with Gasteiger partial charge in [-0.3, -0.25) is 14.4 Å². The minimum atomic E-state index is -0.424. The number of rotatable bonds is 5. The first-order valence-corrected chi connectivity index (χ1v) is 9.43. The first-order chi connectivity index (χ1) is 13.5. The quantitative estimate of drug-likeness (QED) is 0.806. The smallest absolute Gasteiger partial charge is 0.313 e. The van der Waals surface area contributed by atoms with E-state index in [1.165, 1.54) is 4.90 Å². The van der Waals surface area contributed by atoms with Gasteiger partial charge in [0, 0.05) is 12.5 Å². The Balaban J connectivity index is 1.73. The third kappa shape index (κ3) is 4.22. The van der Waals surface area contributed by atoms with Crippen LogP contribution < -0.4 is 10.2 Å². The minimum Gasteiger partial charge on any atom is -0.455 e. The summed E-state index contributed by atoms with van der Waals surface area (Å²) < 4.78 is 5.36. The van der Waals surface area contributed by atoms with Crippen molar-refractivity contribution in [1.29, 1.82) is 0 Å². The van der Waals surface area contributed by atoms with Gasteiger partial charge < -0.3 is 15.0 Å². The third-order valence-electron chi connectivity index (χ3n) is 4.86. The average molecular weight is 380 g/mol. The Kier molecular flexibility index (Phi) is 6.09. The Hall–Kier alpha value is -3.15. The lowest BCUT2D eigenvalue weighted by Crippen LogP contribution is -2.41. The number of para-hydroxylation sites is 2. The van der Waals surface area contributed by atoms with Crippen molar-refractivity contribution in [2.24, 2.45) is 0 Å². The number of fused-ring (bicyclic) bond motifs is 1. The summed E-state index contributed by atoms with van der Waals surface area (Å²) in [6.45, 7) is 3.35. The first-order valence-electron chi connectivity index (χ1n) is 9.43. The van der Waals surface area contributed by atoms with Crippen LogP contribution in [0.4, 0.5) is 11.4 Å². The molecule has 1 N–H and O–H groups in total. The number of esters is 1. The van der Waals surface area contributed by atoms with Crippen molar-refractivity contribution in [3.63, 3.8) is 0 Å². The van der Waals surface area contributed by atoms with Gasteiger partial charge in [0.25, 0.3) is 5.91 Å². The Labute approximate surface area is 164 Å². The molecule has 2 aromatic rings. The van der Waals surface area contributed by atoms with Crippen LogP contribution in [0.15, 0.2) is 54.6 Å². The second-order valence-electron chi connectivity index (χ2n) is 6.86. The second kappa shape index (κ2) is 8.69. The van der Waals surface area contributed by atoms with Crippen LogP contribution in [0, 0.1) is 0 Å². The Bertz CT molecular complexity index is 866. The number of ether oxygens (including phenoxy) is 1. The Morgan fingerprint density at radius 2 is 1.82 bits per heavy atom. The lowest BCUT2D eigenvalue weighted by Gasteiger charge is -2.27. The van der Waals surface area contributed by atoms with Crippen molar-refractivity contribution in [3.05, 3.63) is 60.2 Å². The molecule has 146 valence electrons. The van der Waals surface area contributed by atoms with Gasteiger partial charge in [-0.25, -0.2) is 0 Å². The van der Waals surface area contributed by atoms with E-state index in [2.05, 4.69) is 5.32 Å². The third-order valence-corrected chi connectivity index (χ3v) is 4.86. The fraction of sp³-hybridized carbons (Fsp3) is 0.318. The van der Waals surface area contributed by atoms with Gasteiger partial charge in [-0.15, -0.1) is 0 Å². The number of hydrogen-bond donors (Lipinski definition) is 1. The maximum atomic E-state index is 12.9. The number of hydrogen-bond acceptors (Lipinski definition) is 4. The summed E-state index contributed by atoms with van der Waals surface area (Å²) in [5.74, 6) is -1.34. The summed E-state index contributed by atoms with van der Waals surface area (Å²) in [5, 5.41) is 2.81. The molecule has 28 heavy (non-hydrogen) atoms. The van der Waals surface area contributed by atoms with Crippen molar-refractivity contribution >= 4 is 29.2 Å². The zero-order valence-corrected chi connectivity index (χ0v) is 16.1. The van der Waals surface area contributed by atoms with Crippen LogP contribution in [0.3, 0.4) is 0 Å². The zero-order valence-electron chi connectivity index (χ0n) is 16.1. The maximum absolute atomic E-state index is 12.9. The number of amides is 2. The van der Waals surface area contributed by atoms with E-state index < -0.39 is 11.9 Å². The topological polar surface area (TPSA) is 75.7 Å². The van der Waals surface area contributed by atoms with Crippen molar-refractivity contribution in [1.82, 2.24) is 0 Å². The molecule has 2 atom stereocenters. The van der Waals surface area contributed by atoms with E-state index in [1.807, 2.05) is 37.3 Å². The summed E-state index contributed by atoms with van der Waals surface area (Å²) in [5.41, 5.74) is 2.05. The van der Waals surface area contributed by atoms with Crippen LogP contribution in [0.1, 0.15) is 38.2 Å². The van der Waals surface area contributed by atoms with E-state index in [-0.39, 0.29) is 30.9 Å². The molecule has 2 unspecified atom stereocenters. The summed E-state index contributed by atoms with van der Waals surface area (Å²) in [6, 6.07) is 16.2. The molecule has 3 rings (SSSR count). The number of carbonyl (C=O) groups is 3. The standard InChI is InChI=1S/C22H24N2O4/c1-3-17(16-9-5-4-6-10-16)22(27)28-14-21(26)24-15(2)13-20(25)23-18-11-7-8-12-19(18)24/h4-12,15,17H,3,13-14H2,1-2H3,(H,23,25). The van der Waals surface area contributed by atoms with E-state index in [0.717, 1.165) is 5.56 Å². The minimum absolute atomic E-state index is 0.151. The highest BCUT2D eigenvalue weighted by atomic mass is 16.5. The normalized spacial score (nSPS) is 17.1. The predicted molar refractivity (Wildman–Crippen MR) is 107 cm³/mol. The SMILES string of the molecule is CCC(C(=O)OCC(=O)N1c2ccccc2NC(=O)CC1C)c1ccccc1. The van der Waals surface area contributed by atoms with Crippen LogP contribution in [0.2, 0.25) is 0 Å². The van der Waals surface area contributed by atoms with Crippen molar-refractivity contribution in [2.45, 2.75) is 38.6 Å². The number of nitrogens with one attached hydrogen (secondary N) is 1. The van der Waals surface area contributed by atoms with Gasteiger partial charge in [0.1, 0.15) is 0 Å². The molecular weight excluding hydrogens is 356 g/mol. The van der Waals surface area contributed by atoms with Crippen molar-refractivity contribution < 1.29 is 19.1 Å². The van der Waals surface area contributed by atoms with Crippen molar-refractivity contribution in [3.8, 4) is 0 Å². The van der Waals surface area contributed by atoms with Gasteiger partial charge in [-0.05, 0) is 31.0 Å². The van der Waals surface area contributed by atoms with E-state index in [0.29, 0.717) is 17.8 Å². The summed E-state index contributed by atoms with van der Waals surface area (Å²) in [6.07, 6.45) is 0.758. The fourth-order valence-corrected chi connectivity index (χ4v) is 3.49. The van der Waals surface area contributed by atoms with Crippen LogP contribution in [0.5, 0.6) is 0 Å². The maximum Gasteiger partial charge on any atom is 0.313 e. The number of anilines is 2. The average Bonchev–Trinajstić information content (AvgIpc) is 2.81. The summed E-state index contributed by atoms with van der Waals surface area (Å²) in [7, 11) is 0. The molecule has 0 fully saturated rings. The van der Waals surface area contributed by atoms with Gasteiger partial charge in [0.05, 0.1) is 17.3 Å². The van der Waals surface area contributed by atoms with E-state index in [1.54, 1.807) is 31.2 Å². The molecule has 0 aromatic heterocycles. The Morgan fingerprint density at radius 3 is 2.54 bits per heavy atom. The second-order valence-corrected chi connectivity index (χ2v) is 6.86.